The van der Waals surface area contributed by atoms with E-state index in [2.05, 4.69) is 6.58 Å². The summed E-state index contributed by atoms with van der Waals surface area (Å²) in [5, 5.41) is 10.5. The first-order chi connectivity index (χ1) is 12.3. The molecule has 3 nitrogen and oxygen atoms in total. The molecule has 1 atom stereocenters. The van der Waals surface area contributed by atoms with Crippen LogP contribution in [-0.2, 0) is 4.74 Å². The van der Waals surface area contributed by atoms with Gasteiger partial charge in [0.05, 0.1) is 19.5 Å². The maximum atomic E-state index is 14.8. The Labute approximate surface area is 155 Å². The second-order valence-electron chi connectivity index (χ2n) is 6.61. The molecule has 0 aliphatic carbocycles. The number of halogens is 1. The molecule has 26 heavy (non-hydrogen) atoms. The van der Waals surface area contributed by atoms with Crippen molar-refractivity contribution < 1.29 is 19.0 Å². The van der Waals surface area contributed by atoms with E-state index in [0.717, 1.165) is 11.1 Å². The topological polar surface area (TPSA) is 38.7 Å². The van der Waals surface area contributed by atoms with E-state index >= 15 is 0 Å². The minimum absolute atomic E-state index is 0.0894. The van der Waals surface area contributed by atoms with Crippen LogP contribution in [0, 0.1) is 19.7 Å². The number of benzene rings is 2. The second-order valence-corrected chi connectivity index (χ2v) is 6.61. The van der Waals surface area contributed by atoms with Crippen LogP contribution >= 0.6 is 0 Å². The molecule has 0 aromatic heterocycles. The van der Waals surface area contributed by atoms with Crippen LogP contribution in [0.1, 0.15) is 42.9 Å². The van der Waals surface area contributed by atoms with E-state index in [4.69, 9.17) is 9.47 Å². The average molecular weight is 358 g/mol. The number of aromatic hydroxyl groups is 1. The van der Waals surface area contributed by atoms with E-state index in [1.54, 1.807) is 32.2 Å². The van der Waals surface area contributed by atoms with Crippen molar-refractivity contribution in [3.05, 3.63) is 59.1 Å². The van der Waals surface area contributed by atoms with Crippen molar-refractivity contribution in [2.45, 2.75) is 40.0 Å². The number of hydrogen-bond acceptors (Lipinski definition) is 3. The van der Waals surface area contributed by atoms with E-state index in [9.17, 15) is 9.50 Å². The molecule has 2 aromatic carbocycles. The number of phenols is 1. The van der Waals surface area contributed by atoms with Gasteiger partial charge in [-0.15, -0.1) is 0 Å². The number of ether oxygens (including phenoxy) is 2. The van der Waals surface area contributed by atoms with Gasteiger partial charge in [0.25, 0.3) is 0 Å². The fourth-order valence-corrected chi connectivity index (χ4v) is 3.24. The highest BCUT2D eigenvalue weighted by Crippen LogP contribution is 2.39. The number of methoxy groups -OCH3 is 1. The van der Waals surface area contributed by atoms with Crippen molar-refractivity contribution in [1.82, 2.24) is 0 Å². The van der Waals surface area contributed by atoms with Gasteiger partial charge in [0.1, 0.15) is 17.3 Å². The van der Waals surface area contributed by atoms with E-state index < -0.39 is 0 Å². The Kier molecular flexibility index (Phi) is 6.30. The molecule has 0 bridgehead atoms. The maximum absolute atomic E-state index is 14.8. The summed E-state index contributed by atoms with van der Waals surface area (Å²) in [5.74, 6) is 1.03. The average Bonchev–Trinajstić information content (AvgIpc) is 2.57. The lowest BCUT2D eigenvalue weighted by atomic mass is 9.89. The third-order valence-electron chi connectivity index (χ3n) is 4.51. The van der Waals surface area contributed by atoms with Crippen LogP contribution in [0.3, 0.4) is 0 Å². The maximum Gasteiger partial charge on any atom is 0.129 e. The Morgan fingerprint density at radius 1 is 1.19 bits per heavy atom. The minimum atomic E-state index is -0.226. The lowest BCUT2D eigenvalue weighted by Crippen LogP contribution is -2.03. The molecule has 1 N–H and O–H groups in total. The number of allylic oxidation sites excluding steroid dienone is 1. The van der Waals surface area contributed by atoms with Crippen molar-refractivity contribution in [3.8, 4) is 22.6 Å². The highest BCUT2D eigenvalue weighted by atomic mass is 19.1. The van der Waals surface area contributed by atoms with Crippen LogP contribution in [-0.4, -0.2) is 18.8 Å². The summed E-state index contributed by atoms with van der Waals surface area (Å²) in [7, 11) is 1.56. The molecule has 2 rings (SSSR count). The number of aryl methyl sites for hydroxylation is 2. The molecule has 0 heterocycles. The van der Waals surface area contributed by atoms with Gasteiger partial charge in [-0.1, -0.05) is 13.5 Å². The van der Waals surface area contributed by atoms with Gasteiger partial charge >= 0.3 is 0 Å². The Morgan fingerprint density at radius 3 is 2.46 bits per heavy atom. The summed E-state index contributed by atoms with van der Waals surface area (Å²) < 4.78 is 25.4. The van der Waals surface area contributed by atoms with Crippen molar-refractivity contribution in [1.29, 1.82) is 0 Å². The molecule has 0 aliphatic rings. The van der Waals surface area contributed by atoms with E-state index in [1.807, 2.05) is 26.8 Å². The molecule has 140 valence electrons. The standard InChI is InChI=1S/C22H27FO3/c1-7-26-16(5)8-13(2)19-11-17(9-15(4)22(19)23)21-14(3)10-18(25-6)12-20(21)24/h9-13,24H,5,7-8H2,1-4,6H3/t13-/m0/s1. The Morgan fingerprint density at radius 2 is 1.88 bits per heavy atom. The first kappa shape index (κ1) is 19.8. The van der Waals surface area contributed by atoms with Gasteiger partial charge in [0.15, 0.2) is 0 Å². The molecule has 0 aliphatic heterocycles. The van der Waals surface area contributed by atoms with Gasteiger partial charge in [0.2, 0.25) is 0 Å². The van der Waals surface area contributed by atoms with Gasteiger partial charge in [-0.05, 0) is 67.1 Å². The fourth-order valence-electron chi connectivity index (χ4n) is 3.24. The van der Waals surface area contributed by atoms with Crippen LogP contribution in [0.5, 0.6) is 11.5 Å². The first-order valence-electron chi connectivity index (χ1n) is 8.77. The van der Waals surface area contributed by atoms with E-state index in [0.29, 0.717) is 41.2 Å². The van der Waals surface area contributed by atoms with Crippen molar-refractivity contribution in [3.63, 3.8) is 0 Å². The smallest absolute Gasteiger partial charge is 0.129 e. The normalized spacial score (nSPS) is 11.9. The van der Waals surface area contributed by atoms with Gasteiger partial charge in [0, 0.05) is 18.1 Å². The Hall–Kier alpha value is -2.49. The van der Waals surface area contributed by atoms with Crippen LogP contribution in [0.15, 0.2) is 36.6 Å². The molecule has 0 saturated carbocycles. The third-order valence-corrected chi connectivity index (χ3v) is 4.51. The van der Waals surface area contributed by atoms with E-state index in [-0.39, 0.29) is 17.5 Å². The second kappa shape index (κ2) is 8.26. The van der Waals surface area contributed by atoms with Gasteiger partial charge < -0.3 is 14.6 Å². The van der Waals surface area contributed by atoms with Gasteiger partial charge in [-0.3, -0.25) is 0 Å². The SMILES string of the molecule is C=C(C[C@H](C)c1cc(-c2c(C)cc(OC)cc2O)cc(C)c1F)OCC. The van der Waals surface area contributed by atoms with Crippen LogP contribution in [0.4, 0.5) is 4.39 Å². The fraction of sp³-hybridized carbons (Fsp3) is 0.364. The predicted octanol–water partition coefficient (Wildman–Crippen LogP) is 5.87. The molecular weight excluding hydrogens is 331 g/mol. The molecule has 0 spiro atoms. The Balaban J connectivity index is 2.50. The summed E-state index contributed by atoms with van der Waals surface area (Å²) in [6, 6.07) is 6.99. The van der Waals surface area contributed by atoms with Gasteiger partial charge in [-0.2, -0.15) is 0 Å². The summed E-state index contributed by atoms with van der Waals surface area (Å²) in [4.78, 5) is 0. The highest BCUT2D eigenvalue weighted by molar-refractivity contribution is 5.76. The highest BCUT2D eigenvalue weighted by Gasteiger charge is 2.19. The zero-order valence-corrected chi connectivity index (χ0v) is 16.1. The van der Waals surface area contributed by atoms with Crippen molar-refractivity contribution >= 4 is 0 Å². The lowest BCUT2D eigenvalue weighted by molar-refractivity contribution is 0.216. The van der Waals surface area contributed by atoms with Crippen molar-refractivity contribution in [2.75, 3.05) is 13.7 Å². The summed E-state index contributed by atoms with van der Waals surface area (Å²) in [5.41, 5.74) is 3.47. The molecule has 4 heteroatoms. The molecular formula is C22H27FO3. The third kappa shape index (κ3) is 4.18. The van der Waals surface area contributed by atoms with E-state index in [1.165, 1.54) is 0 Å². The zero-order valence-electron chi connectivity index (χ0n) is 16.1. The summed E-state index contributed by atoms with van der Waals surface area (Å²) >= 11 is 0. The predicted molar refractivity (Wildman–Crippen MR) is 103 cm³/mol. The van der Waals surface area contributed by atoms with Crippen LogP contribution in [0.25, 0.3) is 11.1 Å². The summed E-state index contributed by atoms with van der Waals surface area (Å²) in [6.07, 6.45) is 0.543. The summed E-state index contributed by atoms with van der Waals surface area (Å²) in [6.45, 7) is 11.9. The molecule has 0 fully saturated rings. The molecule has 0 unspecified atom stereocenters. The Bertz CT molecular complexity index is 788. The quantitative estimate of drug-likeness (QED) is 0.629. The number of hydrogen-bond donors (Lipinski definition) is 1. The number of phenolic OH excluding ortho intramolecular Hbond substituents is 1. The van der Waals surface area contributed by atoms with Crippen LogP contribution in [0.2, 0.25) is 0 Å². The monoisotopic (exact) mass is 358 g/mol. The minimum Gasteiger partial charge on any atom is -0.507 e. The molecule has 0 saturated heterocycles. The largest absolute Gasteiger partial charge is 0.507 e. The molecule has 0 radical (unpaired) electrons. The van der Waals surface area contributed by atoms with Crippen LogP contribution < -0.4 is 4.74 Å². The lowest BCUT2D eigenvalue weighted by Gasteiger charge is -2.19. The number of rotatable bonds is 7. The molecule has 2 aromatic rings. The molecule has 0 amide bonds. The van der Waals surface area contributed by atoms with Gasteiger partial charge in [-0.25, -0.2) is 4.39 Å². The zero-order chi connectivity index (χ0) is 19.4. The first-order valence-corrected chi connectivity index (χ1v) is 8.77. The van der Waals surface area contributed by atoms with Crippen molar-refractivity contribution in [2.24, 2.45) is 0 Å².